The number of esters is 1. The highest BCUT2D eigenvalue weighted by molar-refractivity contribution is 8.76. The third-order valence-corrected chi connectivity index (χ3v) is 8.16. The van der Waals surface area contributed by atoms with Gasteiger partial charge in [-0.25, -0.2) is 4.79 Å². The fourth-order valence-corrected chi connectivity index (χ4v) is 5.77. The lowest BCUT2D eigenvalue weighted by molar-refractivity contribution is -0.151. The second kappa shape index (κ2) is 14.4. The number of carbonyl (C=O) groups excluding carboxylic acids is 4. The molecule has 0 radical (unpaired) electrons. The second-order valence-electron chi connectivity index (χ2n) is 9.39. The van der Waals surface area contributed by atoms with E-state index in [1.165, 1.54) is 10.8 Å². The summed E-state index contributed by atoms with van der Waals surface area (Å²) in [6, 6.07) is -2.45. The molecule has 2 aliphatic rings. The number of fused-ring (bicyclic) bond motifs is 7. The molecular weight excluding hydrogens is 500 g/mol. The maximum Gasteiger partial charge on any atom is 0.329 e. The quantitative estimate of drug-likeness (QED) is 0.240. The third kappa shape index (κ3) is 8.92. The van der Waals surface area contributed by atoms with Gasteiger partial charge in [0.25, 0.3) is 0 Å². The summed E-state index contributed by atoms with van der Waals surface area (Å²) >= 11 is 0. The number of hydrogen-bond donors (Lipinski definition) is 4. The van der Waals surface area contributed by atoms with E-state index in [1.807, 2.05) is 33.8 Å². The predicted molar refractivity (Wildman–Crippen MR) is 145 cm³/mol. The van der Waals surface area contributed by atoms with Crippen LogP contribution in [0.3, 0.4) is 0 Å². The molecule has 0 saturated carbocycles. The molecule has 11 heteroatoms. The third-order valence-electron chi connectivity index (χ3n) is 5.71. The second-order valence-corrected chi connectivity index (χ2v) is 12.0. The fraction of sp³-hybridized carbons (Fsp3) is 0.600. The largest absolute Gasteiger partial charge is 0.456 e. The molecule has 4 atom stereocenters. The average molecular weight is 539 g/mol. The standard InChI is InChI=1S/C25H38N4O5S2/c1-7-18-16(6)26-22(15(4)5)25(33)34-17-10-8-9-11-35-36-13-19(23(31)27-18)28-24(32)21(14(2)3)29-20(30)12-17/h7-8,10,14-15,17,19,21-22,26H,6,9,11-13H2,1-5H3,(H,27,31)(H,28,32)(H,29,30)/b10-8-,18-7+/t17-,19?,21+,22?/m1/s1. The van der Waals surface area contributed by atoms with Crippen molar-refractivity contribution in [1.82, 2.24) is 21.3 Å². The van der Waals surface area contributed by atoms with Crippen molar-refractivity contribution in [3.8, 4) is 0 Å². The van der Waals surface area contributed by atoms with Crippen molar-refractivity contribution in [2.24, 2.45) is 11.8 Å². The Balaban J connectivity index is 2.55. The predicted octanol–water partition coefficient (Wildman–Crippen LogP) is 2.42. The highest BCUT2D eigenvalue weighted by Crippen LogP contribution is 2.24. The van der Waals surface area contributed by atoms with E-state index in [0.717, 1.165) is 5.75 Å². The van der Waals surface area contributed by atoms with Gasteiger partial charge in [0, 0.05) is 11.5 Å². The maximum absolute atomic E-state index is 13.3. The SMILES string of the molecule is C=C1NC(C(C)C)C(=O)O[C@@H]2/C=C\CCSSCC(NC(=O)[C@H](C(C)C)NC(=O)C2)C(=O)N/C1=C/C. The van der Waals surface area contributed by atoms with Crippen LogP contribution in [0.1, 0.15) is 47.5 Å². The van der Waals surface area contributed by atoms with Crippen LogP contribution in [0.2, 0.25) is 0 Å². The molecule has 0 spiro atoms. The van der Waals surface area contributed by atoms with Crippen molar-refractivity contribution in [2.45, 2.75) is 71.7 Å². The molecule has 2 bridgehead atoms. The molecule has 0 aromatic carbocycles. The summed E-state index contributed by atoms with van der Waals surface area (Å²) in [5.74, 6) is -1.13. The van der Waals surface area contributed by atoms with Crippen molar-refractivity contribution < 1.29 is 23.9 Å². The molecule has 1 saturated heterocycles. The Labute approximate surface area is 221 Å². The first kappa shape index (κ1) is 29.8. The number of hydrogen-bond acceptors (Lipinski definition) is 8. The van der Waals surface area contributed by atoms with Crippen LogP contribution in [-0.2, 0) is 23.9 Å². The summed E-state index contributed by atoms with van der Waals surface area (Å²) in [6.45, 7) is 13.1. The normalized spacial score (nSPS) is 29.6. The van der Waals surface area contributed by atoms with Gasteiger partial charge in [-0.3, -0.25) is 14.4 Å². The van der Waals surface area contributed by atoms with Gasteiger partial charge in [-0.15, -0.1) is 0 Å². The van der Waals surface area contributed by atoms with Crippen LogP contribution in [-0.4, -0.2) is 59.4 Å². The molecule has 0 aromatic heterocycles. The summed E-state index contributed by atoms with van der Waals surface area (Å²) in [5.41, 5.74) is 0.742. The van der Waals surface area contributed by atoms with Gasteiger partial charge in [0.15, 0.2) is 0 Å². The van der Waals surface area contributed by atoms with E-state index in [2.05, 4.69) is 27.8 Å². The molecule has 2 unspecified atom stereocenters. The van der Waals surface area contributed by atoms with Gasteiger partial charge in [-0.05, 0) is 31.3 Å². The van der Waals surface area contributed by atoms with Gasteiger partial charge in [0.2, 0.25) is 17.7 Å². The van der Waals surface area contributed by atoms with Crippen LogP contribution >= 0.6 is 21.6 Å². The summed E-state index contributed by atoms with van der Waals surface area (Å²) in [4.78, 5) is 52.5. The zero-order valence-electron chi connectivity index (χ0n) is 21.6. The van der Waals surface area contributed by atoms with Crippen LogP contribution in [0.15, 0.2) is 36.2 Å². The molecular formula is C25H38N4O5S2. The van der Waals surface area contributed by atoms with Gasteiger partial charge in [-0.1, -0.05) is 68.0 Å². The minimum Gasteiger partial charge on any atom is -0.456 e. The first-order chi connectivity index (χ1) is 17.0. The first-order valence-corrected chi connectivity index (χ1v) is 14.7. The maximum atomic E-state index is 13.3. The molecule has 0 aromatic rings. The van der Waals surface area contributed by atoms with E-state index in [9.17, 15) is 19.2 Å². The van der Waals surface area contributed by atoms with Crippen molar-refractivity contribution in [3.05, 3.63) is 36.2 Å². The molecule has 1 fully saturated rings. The smallest absolute Gasteiger partial charge is 0.329 e. The van der Waals surface area contributed by atoms with Crippen LogP contribution < -0.4 is 21.3 Å². The Bertz CT molecular complexity index is 903. The topological polar surface area (TPSA) is 126 Å². The molecule has 3 amide bonds. The Hall–Kier alpha value is -2.40. The zero-order chi connectivity index (χ0) is 26.8. The van der Waals surface area contributed by atoms with Crippen LogP contribution in [0.4, 0.5) is 0 Å². The Morgan fingerprint density at radius 1 is 1.00 bits per heavy atom. The lowest BCUT2D eigenvalue weighted by Gasteiger charge is -2.28. The Kier molecular flexibility index (Phi) is 11.9. The average Bonchev–Trinajstić information content (AvgIpc) is 2.81. The van der Waals surface area contributed by atoms with E-state index < -0.39 is 47.9 Å². The molecule has 2 heterocycles. The van der Waals surface area contributed by atoms with E-state index in [1.54, 1.807) is 29.9 Å². The fourth-order valence-electron chi connectivity index (χ4n) is 3.61. The van der Waals surface area contributed by atoms with E-state index >= 15 is 0 Å². The zero-order valence-corrected chi connectivity index (χ0v) is 23.2. The summed E-state index contributed by atoms with van der Waals surface area (Å²) in [5, 5.41) is 11.5. The van der Waals surface area contributed by atoms with Crippen molar-refractivity contribution in [1.29, 1.82) is 0 Å². The number of ether oxygens (including phenoxy) is 1. The highest BCUT2D eigenvalue weighted by atomic mass is 33.1. The monoisotopic (exact) mass is 538 g/mol. The van der Waals surface area contributed by atoms with Gasteiger partial charge in [0.05, 0.1) is 17.8 Å². The first-order valence-electron chi connectivity index (χ1n) is 12.2. The number of carbonyl (C=O) groups is 4. The number of allylic oxidation sites excluding steroid dienone is 2. The van der Waals surface area contributed by atoms with E-state index in [4.69, 9.17) is 4.74 Å². The number of rotatable bonds is 2. The van der Waals surface area contributed by atoms with Crippen LogP contribution in [0.5, 0.6) is 0 Å². The van der Waals surface area contributed by atoms with Gasteiger partial charge in [0.1, 0.15) is 24.2 Å². The van der Waals surface area contributed by atoms with Crippen LogP contribution in [0, 0.1) is 11.8 Å². The van der Waals surface area contributed by atoms with E-state index in [-0.39, 0.29) is 18.3 Å². The van der Waals surface area contributed by atoms with E-state index in [0.29, 0.717) is 23.6 Å². The summed E-state index contributed by atoms with van der Waals surface area (Å²) in [6.07, 6.45) is 5.05. The van der Waals surface area contributed by atoms with Crippen LogP contribution in [0.25, 0.3) is 0 Å². The molecule has 200 valence electrons. The van der Waals surface area contributed by atoms with Crippen molar-refractivity contribution in [2.75, 3.05) is 11.5 Å². The molecule has 9 nitrogen and oxygen atoms in total. The minimum atomic E-state index is -0.856. The molecule has 36 heavy (non-hydrogen) atoms. The highest BCUT2D eigenvalue weighted by Gasteiger charge is 2.32. The van der Waals surface area contributed by atoms with Crippen molar-refractivity contribution in [3.63, 3.8) is 0 Å². The van der Waals surface area contributed by atoms with Gasteiger partial charge < -0.3 is 26.0 Å². The molecule has 0 aliphatic carbocycles. The lowest BCUT2D eigenvalue weighted by atomic mass is 10.0. The van der Waals surface area contributed by atoms with Gasteiger partial charge in [-0.2, -0.15) is 0 Å². The minimum absolute atomic E-state index is 0.129. The van der Waals surface area contributed by atoms with Crippen molar-refractivity contribution >= 4 is 45.3 Å². The summed E-state index contributed by atoms with van der Waals surface area (Å²) < 4.78 is 5.76. The molecule has 4 N–H and O–H groups in total. The summed E-state index contributed by atoms with van der Waals surface area (Å²) in [7, 11) is 3.06. The number of nitrogens with one attached hydrogen (secondary N) is 4. The Morgan fingerprint density at radius 3 is 2.33 bits per heavy atom. The lowest BCUT2D eigenvalue weighted by Crippen LogP contribution is -2.56. The number of amides is 3. The molecule has 2 aliphatic heterocycles. The Morgan fingerprint density at radius 2 is 1.69 bits per heavy atom. The van der Waals surface area contributed by atoms with Gasteiger partial charge >= 0.3 is 5.97 Å². The molecule has 2 rings (SSSR count).